The van der Waals surface area contributed by atoms with E-state index in [-0.39, 0.29) is 18.1 Å². The van der Waals surface area contributed by atoms with Gasteiger partial charge in [-0.25, -0.2) is 18.9 Å². The first-order valence-corrected chi connectivity index (χ1v) is 7.72. The number of benzene rings is 1. The van der Waals surface area contributed by atoms with E-state index in [0.29, 0.717) is 11.5 Å². The molecule has 0 spiro atoms. The summed E-state index contributed by atoms with van der Waals surface area (Å²) in [6.45, 7) is 3.46. The Morgan fingerprint density at radius 1 is 1.26 bits per heavy atom. The van der Waals surface area contributed by atoms with E-state index in [1.165, 1.54) is 4.40 Å². The van der Waals surface area contributed by atoms with Crippen LogP contribution >= 0.6 is 15.9 Å². The molecule has 0 atom stereocenters. The quantitative estimate of drug-likeness (QED) is 0.757. The van der Waals surface area contributed by atoms with Crippen LogP contribution in [-0.2, 0) is 11.3 Å². The number of amides is 1. The van der Waals surface area contributed by atoms with Gasteiger partial charge in [-0.1, -0.05) is 15.9 Å². The van der Waals surface area contributed by atoms with Crippen molar-refractivity contribution in [1.82, 2.24) is 19.2 Å². The van der Waals surface area contributed by atoms with Gasteiger partial charge in [0.25, 0.3) is 5.78 Å². The molecular weight excluding hydrogens is 362 g/mol. The molecular formula is C15H14BrN5O2. The third-order valence-corrected chi connectivity index (χ3v) is 3.82. The minimum Gasteiger partial charge on any atom is -0.324 e. The molecule has 0 aliphatic heterocycles. The molecule has 0 fully saturated rings. The topological polar surface area (TPSA) is 81.3 Å². The van der Waals surface area contributed by atoms with E-state index in [2.05, 4.69) is 31.3 Å². The van der Waals surface area contributed by atoms with E-state index in [1.54, 1.807) is 25.1 Å². The van der Waals surface area contributed by atoms with E-state index >= 15 is 0 Å². The lowest BCUT2D eigenvalue weighted by atomic mass is 10.3. The minimum atomic E-state index is -0.379. The summed E-state index contributed by atoms with van der Waals surface area (Å²) in [6, 6.07) is 8.97. The summed E-state index contributed by atoms with van der Waals surface area (Å²) in [5.74, 6) is -0.0313. The number of aromatic nitrogens is 4. The smallest absolute Gasteiger partial charge is 0.324 e. The zero-order chi connectivity index (χ0) is 16.6. The number of nitrogens with one attached hydrogen (secondary N) is 1. The van der Waals surface area contributed by atoms with Gasteiger partial charge in [0.2, 0.25) is 5.91 Å². The van der Waals surface area contributed by atoms with Crippen molar-refractivity contribution in [1.29, 1.82) is 0 Å². The largest absolute Gasteiger partial charge is 0.352 e. The summed E-state index contributed by atoms with van der Waals surface area (Å²) in [5, 5.41) is 6.84. The number of aryl methyl sites for hydroxylation is 2. The standard InChI is InChI=1S/C15H14BrN5O2/c1-9-7-10(2)21-14(17-9)19-20(15(21)23)8-13(22)18-12-5-3-11(16)4-6-12/h3-7H,8H2,1-2H3,(H,18,22). The summed E-state index contributed by atoms with van der Waals surface area (Å²) in [6.07, 6.45) is 0. The second-order valence-electron chi connectivity index (χ2n) is 5.17. The maximum Gasteiger partial charge on any atom is 0.352 e. The lowest BCUT2D eigenvalue weighted by molar-refractivity contribution is -0.117. The fraction of sp³-hybridized carbons (Fsp3) is 0.200. The van der Waals surface area contributed by atoms with Crippen LogP contribution in [0.4, 0.5) is 5.69 Å². The Balaban J connectivity index is 1.85. The Morgan fingerprint density at radius 2 is 1.96 bits per heavy atom. The van der Waals surface area contributed by atoms with Gasteiger partial charge in [-0.05, 0) is 44.2 Å². The second kappa shape index (κ2) is 5.96. The van der Waals surface area contributed by atoms with E-state index in [0.717, 1.165) is 20.5 Å². The van der Waals surface area contributed by atoms with Gasteiger partial charge in [-0.2, -0.15) is 0 Å². The number of anilines is 1. The van der Waals surface area contributed by atoms with E-state index in [1.807, 2.05) is 19.1 Å². The highest BCUT2D eigenvalue weighted by atomic mass is 79.9. The van der Waals surface area contributed by atoms with Crippen molar-refractivity contribution in [3.05, 3.63) is 56.7 Å². The average Bonchev–Trinajstić information content (AvgIpc) is 2.77. The van der Waals surface area contributed by atoms with Crippen LogP contribution in [0.1, 0.15) is 11.4 Å². The van der Waals surface area contributed by atoms with Gasteiger partial charge < -0.3 is 5.32 Å². The van der Waals surface area contributed by atoms with E-state index < -0.39 is 0 Å². The molecule has 0 saturated carbocycles. The van der Waals surface area contributed by atoms with Crippen molar-refractivity contribution in [2.45, 2.75) is 20.4 Å². The first kappa shape index (κ1) is 15.4. The first-order valence-electron chi connectivity index (χ1n) is 6.93. The average molecular weight is 376 g/mol. The number of carbonyl (C=O) groups is 1. The maximum absolute atomic E-state index is 12.3. The van der Waals surface area contributed by atoms with Crippen LogP contribution < -0.4 is 11.0 Å². The van der Waals surface area contributed by atoms with E-state index in [9.17, 15) is 9.59 Å². The number of nitrogens with zero attached hydrogens (tertiary/aromatic N) is 4. The maximum atomic E-state index is 12.3. The van der Waals surface area contributed by atoms with Gasteiger partial charge in [0.05, 0.1) is 0 Å². The van der Waals surface area contributed by atoms with Crippen molar-refractivity contribution in [2.75, 3.05) is 5.32 Å². The fourth-order valence-corrected chi connectivity index (χ4v) is 2.57. The minimum absolute atomic E-state index is 0.170. The van der Waals surface area contributed by atoms with Crippen LogP contribution in [0.15, 0.2) is 39.6 Å². The van der Waals surface area contributed by atoms with Crippen LogP contribution in [-0.4, -0.2) is 25.1 Å². The van der Waals surface area contributed by atoms with Gasteiger partial charge in [0, 0.05) is 21.5 Å². The zero-order valence-electron chi connectivity index (χ0n) is 12.6. The molecule has 0 unspecified atom stereocenters. The molecule has 118 valence electrons. The highest BCUT2D eigenvalue weighted by molar-refractivity contribution is 9.10. The molecule has 2 heterocycles. The zero-order valence-corrected chi connectivity index (χ0v) is 14.2. The third kappa shape index (κ3) is 3.16. The summed E-state index contributed by atoms with van der Waals surface area (Å²) in [7, 11) is 0. The lowest BCUT2D eigenvalue weighted by Gasteiger charge is -2.04. The highest BCUT2D eigenvalue weighted by Gasteiger charge is 2.13. The SMILES string of the molecule is Cc1cc(C)n2c(=O)n(CC(=O)Nc3ccc(Br)cc3)nc2n1. The van der Waals surface area contributed by atoms with Gasteiger partial charge in [-0.15, -0.1) is 5.10 Å². The molecule has 0 saturated heterocycles. The molecule has 1 N–H and O–H groups in total. The molecule has 1 amide bonds. The molecule has 0 radical (unpaired) electrons. The molecule has 3 rings (SSSR count). The number of fused-ring (bicyclic) bond motifs is 1. The number of carbonyl (C=O) groups excluding carboxylic acids is 1. The molecule has 23 heavy (non-hydrogen) atoms. The molecule has 0 aliphatic carbocycles. The lowest BCUT2D eigenvalue weighted by Crippen LogP contribution is -2.28. The summed E-state index contributed by atoms with van der Waals surface area (Å²) in [5.41, 5.74) is 1.78. The first-order chi connectivity index (χ1) is 10.9. The van der Waals surface area contributed by atoms with Crippen LogP contribution in [0.2, 0.25) is 0 Å². The van der Waals surface area contributed by atoms with Crippen LogP contribution in [0, 0.1) is 13.8 Å². The Bertz CT molecular complexity index is 943. The van der Waals surface area contributed by atoms with Crippen LogP contribution in [0.3, 0.4) is 0 Å². The highest BCUT2D eigenvalue weighted by Crippen LogP contribution is 2.14. The van der Waals surface area contributed by atoms with Crippen molar-refractivity contribution in [2.24, 2.45) is 0 Å². The Hall–Kier alpha value is -2.48. The predicted molar refractivity (Wildman–Crippen MR) is 89.5 cm³/mol. The van der Waals surface area contributed by atoms with Gasteiger partial charge in [-0.3, -0.25) is 4.79 Å². The van der Waals surface area contributed by atoms with Gasteiger partial charge in [0.1, 0.15) is 6.54 Å². The monoisotopic (exact) mass is 375 g/mol. The molecule has 1 aromatic carbocycles. The summed E-state index contributed by atoms with van der Waals surface area (Å²) in [4.78, 5) is 28.6. The summed E-state index contributed by atoms with van der Waals surface area (Å²) < 4.78 is 3.42. The second-order valence-corrected chi connectivity index (χ2v) is 6.09. The van der Waals surface area contributed by atoms with E-state index in [4.69, 9.17) is 0 Å². The van der Waals surface area contributed by atoms with Crippen molar-refractivity contribution in [3.8, 4) is 0 Å². The molecule has 2 aromatic heterocycles. The van der Waals surface area contributed by atoms with Gasteiger partial charge >= 0.3 is 5.69 Å². The molecule has 7 nitrogen and oxygen atoms in total. The number of rotatable bonds is 3. The number of hydrogen-bond donors (Lipinski definition) is 1. The Labute approximate surface area is 140 Å². The number of hydrogen-bond acceptors (Lipinski definition) is 4. The number of halogens is 1. The molecule has 3 aromatic rings. The van der Waals surface area contributed by atoms with Crippen molar-refractivity contribution < 1.29 is 4.79 Å². The van der Waals surface area contributed by atoms with Gasteiger partial charge in [0.15, 0.2) is 0 Å². The summed E-state index contributed by atoms with van der Waals surface area (Å²) >= 11 is 3.33. The van der Waals surface area contributed by atoms with Crippen LogP contribution in [0.5, 0.6) is 0 Å². The third-order valence-electron chi connectivity index (χ3n) is 3.29. The molecule has 0 bridgehead atoms. The molecule has 0 aliphatic rings. The predicted octanol–water partition coefficient (Wildman–Crippen LogP) is 1.91. The van der Waals surface area contributed by atoms with Crippen molar-refractivity contribution >= 4 is 33.3 Å². The Kier molecular flexibility index (Phi) is 3.99. The normalized spacial score (nSPS) is 10.9. The Morgan fingerprint density at radius 3 is 2.65 bits per heavy atom. The van der Waals surface area contributed by atoms with Crippen LogP contribution in [0.25, 0.3) is 5.78 Å². The fourth-order valence-electron chi connectivity index (χ4n) is 2.31. The molecule has 8 heteroatoms. The van der Waals surface area contributed by atoms with Crippen molar-refractivity contribution in [3.63, 3.8) is 0 Å².